The van der Waals surface area contributed by atoms with Crippen LogP contribution in [0.4, 0.5) is 0 Å². The van der Waals surface area contributed by atoms with Crippen molar-refractivity contribution < 1.29 is 19.4 Å². The number of benzene rings is 2. The summed E-state index contributed by atoms with van der Waals surface area (Å²) in [5.74, 6) is 1.04. The minimum absolute atomic E-state index is 0.0644. The molecule has 0 amide bonds. The van der Waals surface area contributed by atoms with Gasteiger partial charge in [0.05, 0.1) is 6.42 Å². The summed E-state index contributed by atoms with van der Waals surface area (Å²) in [6.45, 7) is 4.01. The molecule has 1 fully saturated rings. The van der Waals surface area contributed by atoms with Crippen molar-refractivity contribution in [3.63, 3.8) is 0 Å². The van der Waals surface area contributed by atoms with Gasteiger partial charge in [0.1, 0.15) is 23.9 Å². The Hall–Kier alpha value is -2.53. The number of rotatable bonds is 5. The number of phenolic OH excluding ortho intramolecular Hbond substituents is 1. The van der Waals surface area contributed by atoms with E-state index in [0.29, 0.717) is 18.8 Å². The van der Waals surface area contributed by atoms with E-state index in [1.165, 1.54) is 32.0 Å². The Morgan fingerprint density at radius 2 is 1.88 bits per heavy atom. The van der Waals surface area contributed by atoms with Crippen molar-refractivity contribution in [1.82, 2.24) is 4.90 Å². The molecule has 4 rings (SSSR count). The van der Waals surface area contributed by atoms with E-state index in [-0.39, 0.29) is 17.6 Å². The van der Waals surface area contributed by atoms with Crippen LogP contribution in [0, 0.1) is 0 Å². The molecule has 2 heterocycles. The molecule has 2 aliphatic heterocycles. The normalized spacial score (nSPS) is 19.8. The maximum atomic E-state index is 11.9. The largest absolute Gasteiger partial charge is 0.508 e. The molecule has 1 saturated heterocycles. The Bertz CT molecular complexity index is 781. The number of esters is 1. The Balaban J connectivity index is 1.44. The van der Waals surface area contributed by atoms with Crippen molar-refractivity contribution in [2.24, 2.45) is 0 Å². The molecular formula is C21H23NO4. The first-order chi connectivity index (χ1) is 12.7. The molecule has 5 nitrogen and oxygen atoms in total. The van der Waals surface area contributed by atoms with Gasteiger partial charge in [0.25, 0.3) is 0 Å². The maximum absolute atomic E-state index is 11.9. The molecule has 2 aromatic carbocycles. The van der Waals surface area contributed by atoms with Crippen LogP contribution in [0.3, 0.4) is 0 Å². The zero-order valence-electron chi connectivity index (χ0n) is 14.7. The fourth-order valence-electron chi connectivity index (χ4n) is 3.73. The standard InChI is InChI=1S/C21H23NO4/c23-16-5-8-18-19(14-21(24)26-20(18)13-16)15-3-6-17(7-4-15)25-12-11-22-9-1-2-10-22/h3-8,13,19,23H,1-2,9-12,14H2. The lowest BCUT2D eigenvalue weighted by Gasteiger charge is -2.25. The predicted molar refractivity (Wildman–Crippen MR) is 97.8 cm³/mol. The van der Waals surface area contributed by atoms with Gasteiger partial charge in [-0.15, -0.1) is 0 Å². The topological polar surface area (TPSA) is 59.0 Å². The van der Waals surface area contributed by atoms with Gasteiger partial charge in [-0.3, -0.25) is 9.69 Å². The molecule has 26 heavy (non-hydrogen) atoms. The molecule has 1 atom stereocenters. The van der Waals surface area contributed by atoms with Crippen LogP contribution in [0.2, 0.25) is 0 Å². The first-order valence-corrected chi connectivity index (χ1v) is 9.18. The number of aromatic hydroxyl groups is 1. The van der Waals surface area contributed by atoms with Gasteiger partial charge in [-0.1, -0.05) is 18.2 Å². The van der Waals surface area contributed by atoms with Gasteiger partial charge in [-0.05, 0) is 49.7 Å². The van der Waals surface area contributed by atoms with Crippen molar-refractivity contribution in [1.29, 1.82) is 0 Å². The summed E-state index contributed by atoms with van der Waals surface area (Å²) in [6.07, 6.45) is 2.88. The number of hydrogen-bond acceptors (Lipinski definition) is 5. The van der Waals surface area contributed by atoms with Crippen LogP contribution in [0.5, 0.6) is 17.2 Å². The van der Waals surface area contributed by atoms with Gasteiger partial charge in [0, 0.05) is 24.1 Å². The lowest BCUT2D eigenvalue weighted by Crippen LogP contribution is -2.25. The van der Waals surface area contributed by atoms with E-state index in [4.69, 9.17) is 9.47 Å². The van der Waals surface area contributed by atoms with Crippen LogP contribution >= 0.6 is 0 Å². The van der Waals surface area contributed by atoms with Gasteiger partial charge in [0.2, 0.25) is 0 Å². The van der Waals surface area contributed by atoms with Crippen LogP contribution in [-0.4, -0.2) is 42.2 Å². The van der Waals surface area contributed by atoms with E-state index >= 15 is 0 Å². The third-order valence-corrected chi connectivity index (χ3v) is 5.12. The second kappa shape index (κ2) is 7.38. The van der Waals surface area contributed by atoms with Gasteiger partial charge in [0.15, 0.2) is 0 Å². The van der Waals surface area contributed by atoms with Crippen molar-refractivity contribution in [2.75, 3.05) is 26.2 Å². The van der Waals surface area contributed by atoms with E-state index in [1.54, 1.807) is 6.07 Å². The average Bonchev–Trinajstić information content (AvgIpc) is 3.15. The van der Waals surface area contributed by atoms with Crippen molar-refractivity contribution in [2.45, 2.75) is 25.2 Å². The molecule has 0 spiro atoms. The monoisotopic (exact) mass is 353 g/mol. The molecule has 1 unspecified atom stereocenters. The van der Waals surface area contributed by atoms with Gasteiger partial charge in [-0.2, -0.15) is 0 Å². The summed E-state index contributed by atoms with van der Waals surface area (Å²) >= 11 is 0. The van der Waals surface area contributed by atoms with Gasteiger partial charge in [-0.25, -0.2) is 0 Å². The van der Waals surface area contributed by atoms with E-state index in [0.717, 1.165) is 23.4 Å². The Morgan fingerprint density at radius 1 is 1.12 bits per heavy atom. The molecular weight excluding hydrogens is 330 g/mol. The molecule has 136 valence electrons. The second-order valence-electron chi connectivity index (χ2n) is 6.92. The summed E-state index contributed by atoms with van der Waals surface area (Å²) in [5, 5.41) is 9.62. The van der Waals surface area contributed by atoms with Crippen molar-refractivity contribution >= 4 is 5.97 Å². The highest BCUT2D eigenvalue weighted by molar-refractivity contribution is 5.78. The number of ether oxygens (including phenoxy) is 2. The molecule has 0 aliphatic carbocycles. The number of carbonyl (C=O) groups is 1. The average molecular weight is 353 g/mol. The number of hydrogen-bond donors (Lipinski definition) is 1. The van der Waals surface area contributed by atoms with Gasteiger partial charge < -0.3 is 14.6 Å². The second-order valence-corrected chi connectivity index (χ2v) is 6.92. The lowest BCUT2D eigenvalue weighted by atomic mass is 9.86. The zero-order chi connectivity index (χ0) is 17.9. The van der Waals surface area contributed by atoms with Crippen LogP contribution in [0.25, 0.3) is 0 Å². The highest BCUT2D eigenvalue weighted by atomic mass is 16.5. The number of fused-ring (bicyclic) bond motifs is 1. The number of phenols is 1. The van der Waals surface area contributed by atoms with Gasteiger partial charge >= 0.3 is 5.97 Å². The first kappa shape index (κ1) is 16.9. The molecule has 5 heteroatoms. The lowest BCUT2D eigenvalue weighted by molar-refractivity contribution is -0.135. The Morgan fingerprint density at radius 3 is 2.65 bits per heavy atom. The summed E-state index contributed by atoms with van der Waals surface area (Å²) in [4.78, 5) is 14.3. The molecule has 0 saturated carbocycles. The minimum Gasteiger partial charge on any atom is -0.508 e. The minimum atomic E-state index is -0.279. The summed E-state index contributed by atoms with van der Waals surface area (Å²) in [6, 6.07) is 12.9. The fraction of sp³-hybridized carbons (Fsp3) is 0.381. The molecule has 0 bridgehead atoms. The van der Waals surface area contributed by atoms with Crippen LogP contribution < -0.4 is 9.47 Å². The molecule has 1 N–H and O–H groups in total. The molecule has 0 radical (unpaired) electrons. The van der Waals surface area contributed by atoms with Crippen LogP contribution in [0.15, 0.2) is 42.5 Å². The number of nitrogens with zero attached hydrogens (tertiary/aromatic N) is 1. The summed E-state index contributed by atoms with van der Waals surface area (Å²) in [7, 11) is 0. The third kappa shape index (κ3) is 3.68. The fourth-order valence-corrected chi connectivity index (χ4v) is 3.73. The Labute approximate surface area is 153 Å². The predicted octanol–water partition coefficient (Wildman–Crippen LogP) is 3.31. The van der Waals surface area contributed by atoms with E-state index in [2.05, 4.69) is 4.90 Å². The van der Waals surface area contributed by atoms with E-state index in [1.807, 2.05) is 30.3 Å². The molecule has 2 aromatic rings. The highest BCUT2D eigenvalue weighted by Gasteiger charge is 2.28. The highest BCUT2D eigenvalue weighted by Crippen LogP contribution is 2.40. The quantitative estimate of drug-likeness (QED) is 0.660. The number of carbonyl (C=O) groups excluding carboxylic acids is 1. The molecule has 2 aliphatic rings. The summed E-state index contributed by atoms with van der Waals surface area (Å²) < 4.78 is 11.1. The number of likely N-dealkylation sites (tertiary alicyclic amines) is 1. The van der Waals surface area contributed by atoms with Crippen LogP contribution in [-0.2, 0) is 4.79 Å². The Kier molecular flexibility index (Phi) is 4.80. The van der Waals surface area contributed by atoms with E-state index < -0.39 is 0 Å². The van der Waals surface area contributed by atoms with Crippen LogP contribution in [0.1, 0.15) is 36.3 Å². The zero-order valence-corrected chi connectivity index (χ0v) is 14.7. The SMILES string of the molecule is O=C1CC(c2ccc(OCCN3CCCC3)cc2)c2ccc(O)cc2O1. The molecule has 0 aromatic heterocycles. The first-order valence-electron chi connectivity index (χ1n) is 9.18. The maximum Gasteiger partial charge on any atom is 0.312 e. The smallest absolute Gasteiger partial charge is 0.312 e. The third-order valence-electron chi connectivity index (χ3n) is 5.12. The van der Waals surface area contributed by atoms with E-state index in [9.17, 15) is 9.90 Å². The van der Waals surface area contributed by atoms with Crippen molar-refractivity contribution in [3.8, 4) is 17.2 Å². The van der Waals surface area contributed by atoms with Crippen molar-refractivity contribution in [3.05, 3.63) is 53.6 Å². The summed E-state index contributed by atoms with van der Waals surface area (Å²) in [5.41, 5.74) is 1.96.